The van der Waals surface area contributed by atoms with Crippen LogP contribution in [0.4, 0.5) is 5.82 Å². The molecule has 0 bridgehead atoms. The molecule has 0 aliphatic carbocycles. The molecule has 9 nitrogen and oxygen atoms in total. The van der Waals surface area contributed by atoms with E-state index >= 15 is 0 Å². The van der Waals surface area contributed by atoms with Crippen molar-refractivity contribution in [2.24, 2.45) is 11.7 Å². The number of imidazole rings is 1. The molecule has 1 aromatic heterocycles. The normalized spacial score (nSPS) is 15.8. The molecule has 2 heterocycles. The maximum atomic E-state index is 13.7. The van der Waals surface area contributed by atoms with Crippen molar-refractivity contribution >= 4 is 23.5 Å². The summed E-state index contributed by atoms with van der Waals surface area (Å²) in [6, 6.07) is 17.9. The number of benzene rings is 2. The number of aryl methyl sites for hydroxylation is 1. The molecule has 212 valence electrons. The van der Waals surface area contributed by atoms with Gasteiger partial charge in [0, 0.05) is 19.3 Å². The Balaban J connectivity index is 1.52. The van der Waals surface area contributed by atoms with E-state index in [2.05, 4.69) is 22.5 Å². The molecule has 1 aliphatic rings. The molecule has 1 saturated heterocycles. The molecule has 4 N–H and O–H groups in total. The minimum absolute atomic E-state index is 0.00607. The van der Waals surface area contributed by atoms with Crippen molar-refractivity contribution in [1.82, 2.24) is 19.8 Å². The van der Waals surface area contributed by atoms with Crippen LogP contribution in [0, 0.1) is 5.92 Å². The molecule has 9 heteroatoms. The molecule has 4 rings (SSSR count). The zero-order valence-corrected chi connectivity index (χ0v) is 23.5. The van der Waals surface area contributed by atoms with Crippen LogP contribution in [-0.2, 0) is 20.8 Å². The van der Waals surface area contributed by atoms with Crippen LogP contribution in [-0.4, -0.2) is 56.8 Å². The highest BCUT2D eigenvalue weighted by Crippen LogP contribution is 2.26. The van der Waals surface area contributed by atoms with Crippen molar-refractivity contribution in [2.45, 2.75) is 64.1 Å². The molecule has 0 spiro atoms. The minimum atomic E-state index is -1.14. The lowest BCUT2D eigenvalue weighted by Crippen LogP contribution is -2.55. The van der Waals surface area contributed by atoms with Crippen molar-refractivity contribution < 1.29 is 14.4 Å². The monoisotopic (exact) mass is 544 g/mol. The summed E-state index contributed by atoms with van der Waals surface area (Å²) < 4.78 is 1.74. The lowest BCUT2D eigenvalue weighted by molar-refractivity contribution is -0.135. The van der Waals surface area contributed by atoms with Gasteiger partial charge in [0.25, 0.3) is 0 Å². The molecule has 2 atom stereocenters. The summed E-state index contributed by atoms with van der Waals surface area (Å²) in [6.07, 6.45) is 6.18. The highest BCUT2D eigenvalue weighted by molar-refractivity contribution is 5.98. The Hall–Kier alpha value is -3.98. The van der Waals surface area contributed by atoms with Crippen molar-refractivity contribution in [3.8, 4) is 0 Å². The van der Waals surface area contributed by atoms with E-state index in [0.29, 0.717) is 24.6 Å². The highest BCUT2D eigenvalue weighted by atomic mass is 16.2. The van der Waals surface area contributed by atoms with E-state index in [1.54, 1.807) is 30.9 Å². The predicted molar refractivity (Wildman–Crippen MR) is 155 cm³/mol. The summed E-state index contributed by atoms with van der Waals surface area (Å²) in [5.74, 6) is 0.0983. The minimum Gasteiger partial charge on any atom is -0.343 e. The summed E-state index contributed by atoms with van der Waals surface area (Å²) in [4.78, 5) is 46.0. The van der Waals surface area contributed by atoms with Crippen LogP contribution in [0.1, 0.15) is 57.2 Å². The topological polar surface area (TPSA) is 122 Å². The summed E-state index contributed by atoms with van der Waals surface area (Å²) in [6.45, 7) is 6.86. The van der Waals surface area contributed by atoms with E-state index in [1.807, 2.05) is 65.6 Å². The second kappa shape index (κ2) is 12.9. The molecule has 0 saturated carbocycles. The molecule has 0 radical (unpaired) electrons. The van der Waals surface area contributed by atoms with Gasteiger partial charge in [0.1, 0.15) is 12.1 Å². The first-order valence-electron chi connectivity index (χ1n) is 13.9. The predicted octanol–water partition coefficient (Wildman–Crippen LogP) is 3.52. The second-order valence-corrected chi connectivity index (χ2v) is 11.3. The van der Waals surface area contributed by atoms with Gasteiger partial charge in [-0.2, -0.15) is 0 Å². The third-order valence-electron chi connectivity index (χ3n) is 7.37. The number of aromatic nitrogens is 2. The van der Waals surface area contributed by atoms with Crippen molar-refractivity contribution in [3.63, 3.8) is 0 Å². The van der Waals surface area contributed by atoms with E-state index in [0.717, 1.165) is 37.1 Å². The zero-order chi connectivity index (χ0) is 28.7. The van der Waals surface area contributed by atoms with E-state index in [9.17, 15) is 14.4 Å². The summed E-state index contributed by atoms with van der Waals surface area (Å²) in [7, 11) is 0. The molecule has 1 aliphatic heterocycles. The summed E-state index contributed by atoms with van der Waals surface area (Å²) >= 11 is 0. The fourth-order valence-electron chi connectivity index (χ4n) is 4.80. The third-order valence-corrected chi connectivity index (χ3v) is 7.37. The van der Waals surface area contributed by atoms with Gasteiger partial charge >= 0.3 is 0 Å². The Morgan fingerprint density at radius 3 is 2.27 bits per heavy atom. The molecule has 1 fully saturated rings. The molecule has 3 amide bonds. The number of nitrogens with zero attached hydrogens (tertiary/aromatic N) is 3. The van der Waals surface area contributed by atoms with Crippen LogP contribution < -0.4 is 16.4 Å². The Labute approximate surface area is 236 Å². The standard InChI is InChI=1S/C31H40N6O3/c1-22-16-18-36(19-17-22)29(39)27(24-12-8-5-9-13-24)37-20-26(33-21-37)35-28(38)25(34-30(40)31(2,3)32)15-14-23-10-6-4-7-11-23/h4-13,20-22,25,27H,14-19,32H2,1-3H3,(H,34,40)(H,35,38)/t25-,27?/m1/s1. The number of hydrogen-bond donors (Lipinski definition) is 3. The van der Waals surface area contributed by atoms with Crippen LogP contribution >= 0.6 is 0 Å². The number of likely N-dealkylation sites (tertiary alicyclic amines) is 1. The number of piperidine rings is 1. The summed E-state index contributed by atoms with van der Waals surface area (Å²) in [5, 5.41) is 5.63. The first kappa shape index (κ1) is 29.0. The Morgan fingerprint density at radius 2 is 1.65 bits per heavy atom. The molecule has 2 aromatic carbocycles. The van der Waals surface area contributed by atoms with Crippen molar-refractivity contribution in [2.75, 3.05) is 18.4 Å². The number of rotatable bonds is 10. The van der Waals surface area contributed by atoms with Gasteiger partial charge < -0.3 is 25.8 Å². The lowest BCUT2D eigenvalue weighted by Gasteiger charge is -2.33. The number of nitrogens with one attached hydrogen (secondary N) is 2. The van der Waals surface area contributed by atoms with E-state index < -0.39 is 29.4 Å². The van der Waals surface area contributed by atoms with Crippen LogP contribution in [0.5, 0.6) is 0 Å². The van der Waals surface area contributed by atoms with Gasteiger partial charge in [-0.15, -0.1) is 0 Å². The van der Waals surface area contributed by atoms with Gasteiger partial charge in [-0.05, 0) is 56.6 Å². The first-order valence-corrected chi connectivity index (χ1v) is 13.9. The fourth-order valence-corrected chi connectivity index (χ4v) is 4.80. The fraction of sp³-hybridized carbons (Fsp3) is 0.419. The Bertz CT molecular complexity index is 1280. The van der Waals surface area contributed by atoms with Crippen LogP contribution in [0.15, 0.2) is 73.2 Å². The van der Waals surface area contributed by atoms with Crippen LogP contribution in [0.2, 0.25) is 0 Å². The maximum absolute atomic E-state index is 13.7. The van der Waals surface area contributed by atoms with Gasteiger partial charge in [0.05, 0.1) is 11.9 Å². The Kier molecular flexibility index (Phi) is 9.37. The van der Waals surface area contributed by atoms with Crippen molar-refractivity contribution in [3.05, 3.63) is 84.3 Å². The average molecular weight is 545 g/mol. The van der Waals surface area contributed by atoms with Crippen LogP contribution in [0.3, 0.4) is 0 Å². The molecular formula is C31H40N6O3. The largest absolute Gasteiger partial charge is 0.343 e. The van der Waals surface area contributed by atoms with Gasteiger partial charge in [0.15, 0.2) is 5.82 Å². The zero-order valence-electron chi connectivity index (χ0n) is 23.5. The SMILES string of the molecule is CC1CCN(C(=O)C(c2ccccc2)n2cnc(NC(=O)[C@@H](CCc3ccccc3)NC(=O)C(C)(C)N)c2)CC1. The number of carbonyl (C=O) groups is 3. The van der Waals surface area contributed by atoms with Gasteiger partial charge in [-0.1, -0.05) is 67.6 Å². The van der Waals surface area contributed by atoms with Gasteiger partial charge in [-0.3, -0.25) is 14.4 Å². The number of nitrogens with two attached hydrogens (primary N) is 1. The van der Waals surface area contributed by atoms with Gasteiger partial charge in [0.2, 0.25) is 17.7 Å². The third kappa shape index (κ3) is 7.57. The average Bonchev–Trinajstić information content (AvgIpc) is 3.39. The summed E-state index contributed by atoms with van der Waals surface area (Å²) in [5.41, 5.74) is 6.75. The molecule has 3 aromatic rings. The molecule has 1 unspecified atom stereocenters. The van der Waals surface area contributed by atoms with Gasteiger partial charge in [-0.25, -0.2) is 4.98 Å². The molecular weight excluding hydrogens is 504 g/mol. The highest BCUT2D eigenvalue weighted by Gasteiger charge is 2.31. The quantitative estimate of drug-likeness (QED) is 0.361. The lowest BCUT2D eigenvalue weighted by atomic mass is 9.97. The van der Waals surface area contributed by atoms with Crippen LogP contribution in [0.25, 0.3) is 0 Å². The number of anilines is 1. The Morgan fingerprint density at radius 1 is 1.02 bits per heavy atom. The van der Waals surface area contributed by atoms with Crippen molar-refractivity contribution in [1.29, 1.82) is 0 Å². The number of carbonyl (C=O) groups excluding carboxylic acids is 3. The first-order chi connectivity index (χ1) is 19.1. The van der Waals surface area contributed by atoms with E-state index in [4.69, 9.17) is 5.73 Å². The maximum Gasteiger partial charge on any atom is 0.250 e. The number of hydrogen-bond acceptors (Lipinski definition) is 5. The smallest absolute Gasteiger partial charge is 0.250 e. The van der Waals surface area contributed by atoms with E-state index in [1.165, 1.54) is 0 Å². The van der Waals surface area contributed by atoms with E-state index in [-0.39, 0.29) is 5.91 Å². The second-order valence-electron chi connectivity index (χ2n) is 11.3. The number of amides is 3. The molecule has 40 heavy (non-hydrogen) atoms.